The molecule has 0 spiro atoms. The lowest BCUT2D eigenvalue weighted by atomic mass is 10.2. The van der Waals surface area contributed by atoms with Crippen LogP contribution in [0.1, 0.15) is 24.8 Å². The van der Waals surface area contributed by atoms with Crippen LogP contribution < -0.4 is 5.32 Å². The number of halogens is 1. The van der Waals surface area contributed by atoms with E-state index in [0.29, 0.717) is 6.54 Å². The van der Waals surface area contributed by atoms with Gasteiger partial charge in [0.1, 0.15) is 0 Å². The van der Waals surface area contributed by atoms with Crippen molar-refractivity contribution in [2.24, 2.45) is 0 Å². The van der Waals surface area contributed by atoms with Crippen LogP contribution in [0.4, 0.5) is 5.69 Å². The molecule has 1 rings (SSSR count). The van der Waals surface area contributed by atoms with Gasteiger partial charge in [0.2, 0.25) is 0 Å². The van der Waals surface area contributed by atoms with E-state index in [0.717, 1.165) is 35.8 Å². The number of hydrogen-bond acceptors (Lipinski definition) is 4. The Labute approximate surface area is 114 Å². The Morgan fingerprint density at radius 3 is 2.72 bits per heavy atom. The second-order valence-electron chi connectivity index (χ2n) is 3.99. The number of nitro groups is 1. The van der Waals surface area contributed by atoms with Crippen LogP contribution in [0.5, 0.6) is 0 Å². The lowest BCUT2D eigenvalue weighted by Gasteiger charge is -2.06. The third-order valence-corrected chi connectivity index (χ3v) is 3.31. The average molecular weight is 317 g/mol. The molecule has 0 atom stereocenters. The zero-order valence-corrected chi connectivity index (χ0v) is 11.6. The number of rotatable bonds is 8. The Kier molecular flexibility index (Phi) is 6.85. The molecule has 0 saturated carbocycles. The molecule has 0 unspecified atom stereocenters. The lowest BCUT2D eigenvalue weighted by Crippen LogP contribution is -2.15. The number of aliphatic hydroxyl groups excluding tert-OH is 1. The van der Waals surface area contributed by atoms with Crippen LogP contribution in [0.3, 0.4) is 0 Å². The average Bonchev–Trinajstić information content (AvgIpc) is 2.35. The van der Waals surface area contributed by atoms with Crippen LogP contribution in [-0.4, -0.2) is 23.2 Å². The third-order valence-electron chi connectivity index (χ3n) is 2.57. The minimum absolute atomic E-state index is 0.0913. The van der Waals surface area contributed by atoms with Crippen molar-refractivity contribution in [1.82, 2.24) is 5.32 Å². The molecule has 0 heterocycles. The molecule has 0 aromatic heterocycles. The molecule has 6 heteroatoms. The maximum Gasteiger partial charge on any atom is 0.270 e. The van der Waals surface area contributed by atoms with Crippen LogP contribution in [-0.2, 0) is 6.54 Å². The Hall–Kier alpha value is -0.980. The summed E-state index contributed by atoms with van der Waals surface area (Å²) in [5.74, 6) is 0. The van der Waals surface area contributed by atoms with E-state index in [-0.39, 0.29) is 12.3 Å². The van der Waals surface area contributed by atoms with Gasteiger partial charge in [0.15, 0.2) is 0 Å². The summed E-state index contributed by atoms with van der Waals surface area (Å²) in [7, 11) is 0. The quantitative estimate of drug-likeness (QED) is 0.439. The fraction of sp³-hybridized carbons (Fsp3) is 0.500. The van der Waals surface area contributed by atoms with Crippen molar-refractivity contribution in [3.63, 3.8) is 0 Å². The number of non-ortho nitro benzene ring substituents is 1. The van der Waals surface area contributed by atoms with Crippen LogP contribution >= 0.6 is 15.9 Å². The van der Waals surface area contributed by atoms with Gasteiger partial charge in [-0.2, -0.15) is 0 Å². The third kappa shape index (κ3) is 5.12. The highest BCUT2D eigenvalue weighted by molar-refractivity contribution is 9.10. The van der Waals surface area contributed by atoms with E-state index < -0.39 is 4.92 Å². The van der Waals surface area contributed by atoms with Gasteiger partial charge in [0, 0.05) is 29.8 Å². The molecule has 0 aliphatic rings. The van der Waals surface area contributed by atoms with Gasteiger partial charge in [-0.1, -0.05) is 15.9 Å². The first-order valence-corrected chi connectivity index (χ1v) is 6.69. The number of hydrogen-bond donors (Lipinski definition) is 2. The topological polar surface area (TPSA) is 75.4 Å². The summed E-state index contributed by atoms with van der Waals surface area (Å²) in [6.07, 6.45) is 2.86. The van der Waals surface area contributed by atoms with Gasteiger partial charge in [-0.25, -0.2) is 0 Å². The molecule has 0 aliphatic carbocycles. The molecule has 18 heavy (non-hydrogen) atoms. The molecule has 0 fully saturated rings. The van der Waals surface area contributed by atoms with E-state index in [1.54, 1.807) is 6.07 Å². The fourth-order valence-corrected chi connectivity index (χ4v) is 2.06. The maximum absolute atomic E-state index is 10.6. The lowest BCUT2D eigenvalue weighted by molar-refractivity contribution is -0.384. The van der Waals surface area contributed by atoms with Crippen molar-refractivity contribution in [1.29, 1.82) is 0 Å². The van der Waals surface area contributed by atoms with Gasteiger partial charge < -0.3 is 10.4 Å². The summed E-state index contributed by atoms with van der Waals surface area (Å²) in [5.41, 5.74) is 1.09. The summed E-state index contributed by atoms with van der Waals surface area (Å²) in [6, 6.07) is 4.78. The second-order valence-corrected chi connectivity index (χ2v) is 4.85. The number of benzene rings is 1. The van der Waals surface area contributed by atoms with Gasteiger partial charge in [-0.05, 0) is 37.4 Å². The van der Waals surface area contributed by atoms with Gasteiger partial charge in [-0.15, -0.1) is 0 Å². The van der Waals surface area contributed by atoms with E-state index >= 15 is 0 Å². The standard InChI is InChI=1S/C12H17BrN2O3/c13-12-8-11(15(17)18)5-4-10(12)9-14-6-2-1-3-7-16/h4-5,8,14,16H,1-3,6-7,9H2. The summed E-state index contributed by atoms with van der Waals surface area (Å²) < 4.78 is 0.750. The number of nitrogens with one attached hydrogen (secondary N) is 1. The number of nitro benzene ring substituents is 1. The monoisotopic (exact) mass is 316 g/mol. The van der Waals surface area contributed by atoms with Crippen molar-refractivity contribution in [3.05, 3.63) is 38.3 Å². The SMILES string of the molecule is O=[N+]([O-])c1ccc(CNCCCCCO)c(Br)c1. The Bertz CT molecular complexity index is 399. The maximum atomic E-state index is 10.6. The van der Waals surface area contributed by atoms with Crippen molar-refractivity contribution >= 4 is 21.6 Å². The largest absolute Gasteiger partial charge is 0.396 e. The number of nitrogens with zero attached hydrogens (tertiary/aromatic N) is 1. The molecule has 1 aromatic rings. The van der Waals surface area contributed by atoms with Crippen LogP contribution in [0.2, 0.25) is 0 Å². The Morgan fingerprint density at radius 2 is 2.11 bits per heavy atom. The predicted molar refractivity (Wildman–Crippen MR) is 73.4 cm³/mol. The van der Waals surface area contributed by atoms with Crippen molar-refractivity contribution in [2.45, 2.75) is 25.8 Å². The number of aliphatic hydroxyl groups is 1. The molecular formula is C12H17BrN2O3. The first-order chi connectivity index (χ1) is 8.65. The van der Waals surface area contributed by atoms with Gasteiger partial charge in [0.05, 0.1) is 4.92 Å². The van der Waals surface area contributed by atoms with Crippen molar-refractivity contribution < 1.29 is 10.0 Å². The first-order valence-electron chi connectivity index (χ1n) is 5.89. The summed E-state index contributed by atoms with van der Waals surface area (Å²) in [4.78, 5) is 10.2. The molecule has 0 amide bonds. The van der Waals surface area contributed by atoms with Crippen molar-refractivity contribution in [3.8, 4) is 0 Å². The molecule has 5 nitrogen and oxygen atoms in total. The summed E-state index contributed by atoms with van der Waals surface area (Å²) in [5, 5.41) is 22.5. The fourth-order valence-electron chi connectivity index (χ4n) is 1.55. The summed E-state index contributed by atoms with van der Waals surface area (Å²) in [6.45, 7) is 1.80. The van der Waals surface area contributed by atoms with E-state index in [4.69, 9.17) is 5.11 Å². The molecular weight excluding hydrogens is 300 g/mol. The number of unbranched alkanes of at least 4 members (excludes halogenated alkanes) is 2. The van der Waals surface area contributed by atoms with Crippen LogP contribution in [0.15, 0.2) is 22.7 Å². The highest BCUT2D eigenvalue weighted by atomic mass is 79.9. The van der Waals surface area contributed by atoms with Gasteiger partial charge in [-0.3, -0.25) is 10.1 Å². The molecule has 0 radical (unpaired) electrons. The smallest absolute Gasteiger partial charge is 0.270 e. The first kappa shape index (κ1) is 15.1. The van der Waals surface area contributed by atoms with Crippen LogP contribution in [0.25, 0.3) is 0 Å². The normalized spacial score (nSPS) is 10.6. The van der Waals surface area contributed by atoms with Gasteiger partial charge >= 0.3 is 0 Å². The van der Waals surface area contributed by atoms with E-state index in [1.165, 1.54) is 12.1 Å². The van der Waals surface area contributed by atoms with Crippen LogP contribution in [0, 0.1) is 10.1 Å². The zero-order chi connectivity index (χ0) is 13.4. The van der Waals surface area contributed by atoms with E-state index in [9.17, 15) is 10.1 Å². The van der Waals surface area contributed by atoms with Gasteiger partial charge in [0.25, 0.3) is 5.69 Å². The Balaban J connectivity index is 2.36. The van der Waals surface area contributed by atoms with Crippen molar-refractivity contribution in [2.75, 3.05) is 13.2 Å². The highest BCUT2D eigenvalue weighted by Gasteiger charge is 2.08. The molecule has 100 valence electrons. The molecule has 0 saturated heterocycles. The second kappa shape index (κ2) is 8.18. The Morgan fingerprint density at radius 1 is 1.33 bits per heavy atom. The van der Waals surface area contributed by atoms with E-state index in [1.807, 2.05) is 0 Å². The minimum Gasteiger partial charge on any atom is -0.396 e. The predicted octanol–water partition coefficient (Wildman–Crippen LogP) is 2.61. The highest BCUT2D eigenvalue weighted by Crippen LogP contribution is 2.22. The minimum atomic E-state index is -0.406. The molecule has 2 N–H and O–H groups in total. The molecule has 0 aliphatic heterocycles. The van der Waals surface area contributed by atoms with E-state index in [2.05, 4.69) is 21.2 Å². The summed E-state index contributed by atoms with van der Waals surface area (Å²) >= 11 is 3.33. The molecule has 1 aromatic carbocycles. The zero-order valence-electron chi connectivity index (χ0n) is 10.1. The molecule has 0 bridgehead atoms.